The number of benzene rings is 1. The lowest BCUT2D eigenvalue weighted by atomic mass is 10.2. The highest BCUT2D eigenvalue weighted by atomic mass is 16.1. The number of hydrogen-bond donors (Lipinski definition) is 2. The molecule has 1 aromatic carbocycles. The van der Waals surface area contributed by atoms with Crippen LogP contribution in [0.2, 0.25) is 0 Å². The molecule has 2 aromatic rings. The maximum atomic E-state index is 11.9. The SMILES string of the molecule is CC(C)c1nccn1CCCC(=O)Nc1ccc(N)cc1. The second-order valence-electron chi connectivity index (χ2n) is 5.41. The summed E-state index contributed by atoms with van der Waals surface area (Å²) in [5, 5.41) is 2.87. The molecule has 0 spiro atoms. The number of nitrogens with zero attached hydrogens (tertiary/aromatic N) is 2. The standard InChI is InChI=1S/C16H22N4O/c1-12(2)16-18-9-11-20(16)10-3-4-15(21)19-14-7-5-13(17)6-8-14/h5-9,11-12H,3-4,10,17H2,1-2H3,(H,19,21). The van der Waals surface area contributed by atoms with E-state index in [4.69, 9.17) is 5.73 Å². The highest BCUT2D eigenvalue weighted by molar-refractivity contribution is 5.90. The summed E-state index contributed by atoms with van der Waals surface area (Å²) in [6.45, 7) is 5.04. The lowest BCUT2D eigenvalue weighted by Gasteiger charge is -2.10. The van der Waals surface area contributed by atoms with Crippen LogP contribution in [-0.4, -0.2) is 15.5 Å². The third kappa shape index (κ3) is 4.34. The van der Waals surface area contributed by atoms with Gasteiger partial charge < -0.3 is 15.6 Å². The number of anilines is 2. The Morgan fingerprint density at radius 3 is 2.71 bits per heavy atom. The molecule has 112 valence electrons. The summed E-state index contributed by atoms with van der Waals surface area (Å²) in [4.78, 5) is 16.2. The average molecular weight is 286 g/mol. The largest absolute Gasteiger partial charge is 0.399 e. The smallest absolute Gasteiger partial charge is 0.224 e. The van der Waals surface area contributed by atoms with E-state index in [1.807, 2.05) is 12.4 Å². The van der Waals surface area contributed by atoms with Crippen LogP contribution in [0.25, 0.3) is 0 Å². The van der Waals surface area contributed by atoms with E-state index in [0.717, 1.165) is 24.5 Å². The molecular formula is C16H22N4O. The fourth-order valence-corrected chi connectivity index (χ4v) is 2.21. The van der Waals surface area contributed by atoms with Crippen molar-refractivity contribution in [3.05, 3.63) is 42.5 Å². The molecule has 0 aliphatic carbocycles. The zero-order chi connectivity index (χ0) is 15.2. The first kappa shape index (κ1) is 15.1. The molecule has 1 aromatic heterocycles. The van der Waals surface area contributed by atoms with E-state index in [9.17, 15) is 4.79 Å². The quantitative estimate of drug-likeness (QED) is 0.802. The number of carbonyl (C=O) groups is 1. The monoisotopic (exact) mass is 286 g/mol. The van der Waals surface area contributed by atoms with Gasteiger partial charge in [0.05, 0.1) is 0 Å². The number of amides is 1. The number of aromatic nitrogens is 2. The second kappa shape index (κ2) is 6.92. The first-order valence-electron chi connectivity index (χ1n) is 7.22. The van der Waals surface area contributed by atoms with Gasteiger partial charge in [0.1, 0.15) is 5.82 Å². The molecule has 0 saturated heterocycles. The highest BCUT2D eigenvalue weighted by Gasteiger charge is 2.08. The predicted molar refractivity (Wildman–Crippen MR) is 85.0 cm³/mol. The molecule has 0 saturated carbocycles. The van der Waals surface area contributed by atoms with Gasteiger partial charge in [0.25, 0.3) is 0 Å². The minimum absolute atomic E-state index is 0.0194. The molecule has 0 bridgehead atoms. The van der Waals surface area contributed by atoms with Gasteiger partial charge in [0.2, 0.25) is 5.91 Å². The minimum atomic E-state index is 0.0194. The molecule has 0 aliphatic heterocycles. The molecule has 0 unspecified atom stereocenters. The van der Waals surface area contributed by atoms with E-state index in [0.29, 0.717) is 18.0 Å². The van der Waals surface area contributed by atoms with Gasteiger partial charge in [0.15, 0.2) is 0 Å². The van der Waals surface area contributed by atoms with Crippen LogP contribution in [0.3, 0.4) is 0 Å². The lowest BCUT2D eigenvalue weighted by molar-refractivity contribution is -0.116. The van der Waals surface area contributed by atoms with Crippen LogP contribution < -0.4 is 11.1 Å². The lowest BCUT2D eigenvalue weighted by Crippen LogP contribution is -2.13. The summed E-state index contributed by atoms with van der Waals surface area (Å²) in [6, 6.07) is 7.16. The van der Waals surface area contributed by atoms with Crippen molar-refractivity contribution in [2.45, 2.75) is 39.2 Å². The third-order valence-electron chi connectivity index (χ3n) is 3.26. The Morgan fingerprint density at radius 2 is 2.05 bits per heavy atom. The predicted octanol–water partition coefficient (Wildman–Crippen LogP) is 3.01. The Bertz CT molecular complexity index is 587. The van der Waals surface area contributed by atoms with E-state index in [2.05, 4.69) is 28.7 Å². The molecule has 0 atom stereocenters. The number of aryl methyl sites for hydroxylation is 1. The number of imidazole rings is 1. The normalized spacial score (nSPS) is 10.8. The topological polar surface area (TPSA) is 72.9 Å². The van der Waals surface area contributed by atoms with Gasteiger partial charge >= 0.3 is 0 Å². The van der Waals surface area contributed by atoms with Crippen molar-refractivity contribution in [3.8, 4) is 0 Å². The Balaban J connectivity index is 1.79. The first-order chi connectivity index (χ1) is 10.1. The van der Waals surface area contributed by atoms with Crippen molar-refractivity contribution in [2.24, 2.45) is 0 Å². The molecule has 5 nitrogen and oxygen atoms in total. The van der Waals surface area contributed by atoms with Crippen molar-refractivity contribution >= 4 is 17.3 Å². The number of rotatable bonds is 6. The maximum Gasteiger partial charge on any atom is 0.224 e. The molecule has 21 heavy (non-hydrogen) atoms. The van der Waals surface area contributed by atoms with E-state index in [1.165, 1.54) is 0 Å². The van der Waals surface area contributed by atoms with Crippen LogP contribution in [0, 0.1) is 0 Å². The van der Waals surface area contributed by atoms with Crippen LogP contribution in [0.4, 0.5) is 11.4 Å². The number of nitrogens with one attached hydrogen (secondary N) is 1. The number of hydrogen-bond acceptors (Lipinski definition) is 3. The van der Waals surface area contributed by atoms with E-state index in [1.54, 1.807) is 24.3 Å². The summed E-state index contributed by atoms with van der Waals surface area (Å²) in [6.07, 6.45) is 5.05. The van der Waals surface area contributed by atoms with Crippen molar-refractivity contribution < 1.29 is 4.79 Å². The summed E-state index contributed by atoms with van der Waals surface area (Å²) in [7, 11) is 0. The van der Waals surface area contributed by atoms with Gasteiger partial charge in [-0.2, -0.15) is 0 Å². The van der Waals surface area contributed by atoms with Crippen LogP contribution in [0.1, 0.15) is 38.4 Å². The Hall–Kier alpha value is -2.30. The summed E-state index contributed by atoms with van der Waals surface area (Å²) in [5.41, 5.74) is 7.08. The van der Waals surface area contributed by atoms with Crippen LogP contribution in [-0.2, 0) is 11.3 Å². The van der Waals surface area contributed by atoms with E-state index >= 15 is 0 Å². The zero-order valence-electron chi connectivity index (χ0n) is 12.5. The highest BCUT2D eigenvalue weighted by Crippen LogP contribution is 2.13. The first-order valence-corrected chi connectivity index (χ1v) is 7.22. The fourth-order valence-electron chi connectivity index (χ4n) is 2.21. The van der Waals surface area contributed by atoms with Crippen molar-refractivity contribution in [2.75, 3.05) is 11.1 Å². The van der Waals surface area contributed by atoms with Crippen LogP contribution >= 0.6 is 0 Å². The summed E-state index contributed by atoms with van der Waals surface area (Å²) < 4.78 is 2.11. The number of nitrogen functional groups attached to an aromatic ring is 1. The molecule has 0 aliphatic rings. The van der Waals surface area contributed by atoms with E-state index < -0.39 is 0 Å². The molecule has 2 rings (SSSR count). The molecule has 3 N–H and O–H groups in total. The molecule has 1 heterocycles. The number of nitrogens with two attached hydrogens (primary N) is 1. The van der Waals surface area contributed by atoms with E-state index in [-0.39, 0.29) is 5.91 Å². The van der Waals surface area contributed by atoms with Gasteiger partial charge in [-0.1, -0.05) is 13.8 Å². The van der Waals surface area contributed by atoms with Crippen molar-refractivity contribution in [3.63, 3.8) is 0 Å². The average Bonchev–Trinajstić information content (AvgIpc) is 2.90. The Labute approximate surface area is 125 Å². The van der Waals surface area contributed by atoms with Gasteiger partial charge in [-0.3, -0.25) is 4.79 Å². The van der Waals surface area contributed by atoms with Crippen molar-refractivity contribution in [1.82, 2.24) is 9.55 Å². The van der Waals surface area contributed by atoms with Gasteiger partial charge in [0, 0.05) is 42.7 Å². The molecule has 0 radical (unpaired) electrons. The summed E-state index contributed by atoms with van der Waals surface area (Å²) in [5.74, 6) is 1.48. The maximum absolute atomic E-state index is 11.9. The molecule has 1 amide bonds. The molecule has 5 heteroatoms. The minimum Gasteiger partial charge on any atom is -0.399 e. The third-order valence-corrected chi connectivity index (χ3v) is 3.26. The summed E-state index contributed by atoms with van der Waals surface area (Å²) >= 11 is 0. The fraction of sp³-hybridized carbons (Fsp3) is 0.375. The Morgan fingerprint density at radius 1 is 1.33 bits per heavy atom. The van der Waals surface area contributed by atoms with Crippen molar-refractivity contribution in [1.29, 1.82) is 0 Å². The molecule has 0 fully saturated rings. The van der Waals surface area contributed by atoms with Crippen LogP contribution in [0.5, 0.6) is 0 Å². The number of carbonyl (C=O) groups excluding carboxylic acids is 1. The van der Waals surface area contributed by atoms with Gasteiger partial charge in [-0.05, 0) is 30.7 Å². The van der Waals surface area contributed by atoms with Crippen LogP contribution in [0.15, 0.2) is 36.7 Å². The Kier molecular flexibility index (Phi) is 4.98. The second-order valence-corrected chi connectivity index (χ2v) is 5.41. The molecular weight excluding hydrogens is 264 g/mol. The zero-order valence-corrected chi connectivity index (χ0v) is 12.5. The van der Waals surface area contributed by atoms with Gasteiger partial charge in [-0.25, -0.2) is 4.98 Å². The van der Waals surface area contributed by atoms with Gasteiger partial charge in [-0.15, -0.1) is 0 Å².